The number of imidazole rings is 1. The van der Waals surface area contributed by atoms with Gasteiger partial charge in [-0.05, 0) is 31.9 Å². The van der Waals surface area contributed by atoms with Gasteiger partial charge in [-0.1, -0.05) is 23.4 Å². The molecule has 0 aliphatic carbocycles. The van der Waals surface area contributed by atoms with E-state index in [-0.39, 0.29) is 11.9 Å². The zero-order chi connectivity index (χ0) is 17.2. The Balaban J connectivity index is 1.56. The summed E-state index contributed by atoms with van der Waals surface area (Å²) in [6.45, 7) is 3.31. The van der Waals surface area contributed by atoms with Gasteiger partial charge in [-0.2, -0.15) is 0 Å². The predicted octanol–water partition coefficient (Wildman–Crippen LogP) is 2.25. The summed E-state index contributed by atoms with van der Waals surface area (Å²) in [5, 5.41) is 8.33. The van der Waals surface area contributed by atoms with Crippen LogP contribution in [0.3, 0.4) is 0 Å². The second kappa shape index (κ2) is 6.51. The van der Waals surface area contributed by atoms with Crippen molar-refractivity contribution in [3.8, 4) is 5.69 Å². The van der Waals surface area contributed by atoms with Crippen LogP contribution in [0.4, 0.5) is 0 Å². The molecule has 7 nitrogen and oxygen atoms in total. The standard InChI is InChI=1S/C18H20N6O/c1-14-17(20-21-24(14)15-6-3-2-4-7-15)18(25)22-10-5-8-16(12-22)23-11-9-19-13-23/h2-4,6-7,9,11,13,16H,5,8,10,12H2,1H3/t16-/m1/s1. The average molecular weight is 336 g/mol. The number of nitrogens with zero attached hydrogens (tertiary/aromatic N) is 6. The molecule has 1 fully saturated rings. The van der Waals surface area contributed by atoms with Gasteiger partial charge in [-0.15, -0.1) is 5.10 Å². The zero-order valence-corrected chi connectivity index (χ0v) is 14.1. The molecule has 1 aliphatic rings. The lowest BCUT2D eigenvalue weighted by molar-refractivity contribution is 0.0672. The van der Waals surface area contributed by atoms with Crippen molar-refractivity contribution in [2.45, 2.75) is 25.8 Å². The van der Waals surface area contributed by atoms with Crippen molar-refractivity contribution in [1.82, 2.24) is 29.4 Å². The van der Waals surface area contributed by atoms with Gasteiger partial charge in [0.25, 0.3) is 5.91 Å². The summed E-state index contributed by atoms with van der Waals surface area (Å²) < 4.78 is 3.79. The Morgan fingerprint density at radius 1 is 1.24 bits per heavy atom. The zero-order valence-electron chi connectivity index (χ0n) is 14.1. The van der Waals surface area contributed by atoms with Crippen molar-refractivity contribution in [3.05, 3.63) is 60.4 Å². The van der Waals surface area contributed by atoms with Crippen LogP contribution in [0.25, 0.3) is 5.69 Å². The number of piperidine rings is 1. The second-order valence-corrected chi connectivity index (χ2v) is 6.33. The summed E-state index contributed by atoms with van der Waals surface area (Å²) >= 11 is 0. The highest BCUT2D eigenvalue weighted by Gasteiger charge is 2.28. The van der Waals surface area contributed by atoms with Crippen molar-refractivity contribution in [3.63, 3.8) is 0 Å². The first-order valence-corrected chi connectivity index (χ1v) is 8.48. The summed E-state index contributed by atoms with van der Waals surface area (Å²) in [7, 11) is 0. The molecule has 1 saturated heterocycles. The lowest BCUT2D eigenvalue weighted by Gasteiger charge is -2.33. The van der Waals surface area contributed by atoms with Crippen LogP contribution in [0.5, 0.6) is 0 Å². The van der Waals surface area contributed by atoms with E-state index in [0.29, 0.717) is 12.2 Å². The molecule has 4 rings (SSSR count). The molecule has 3 heterocycles. The summed E-state index contributed by atoms with van der Waals surface area (Å²) in [6.07, 6.45) is 7.57. The molecule has 0 bridgehead atoms. The van der Waals surface area contributed by atoms with E-state index in [1.807, 2.05) is 54.7 Å². The van der Waals surface area contributed by atoms with Gasteiger partial charge in [-0.3, -0.25) is 4.79 Å². The number of amides is 1. The minimum atomic E-state index is -0.0514. The quantitative estimate of drug-likeness (QED) is 0.736. The third-order valence-corrected chi connectivity index (χ3v) is 4.73. The van der Waals surface area contributed by atoms with E-state index in [4.69, 9.17) is 0 Å². The first kappa shape index (κ1) is 15.6. The number of para-hydroxylation sites is 1. The van der Waals surface area contributed by atoms with Gasteiger partial charge in [-0.25, -0.2) is 9.67 Å². The molecule has 25 heavy (non-hydrogen) atoms. The maximum Gasteiger partial charge on any atom is 0.276 e. The Morgan fingerprint density at radius 3 is 2.84 bits per heavy atom. The van der Waals surface area contributed by atoms with E-state index in [2.05, 4.69) is 19.9 Å². The van der Waals surface area contributed by atoms with Crippen LogP contribution in [0.1, 0.15) is 35.1 Å². The van der Waals surface area contributed by atoms with Crippen molar-refractivity contribution < 1.29 is 4.79 Å². The van der Waals surface area contributed by atoms with Crippen LogP contribution in [0.15, 0.2) is 49.1 Å². The minimum Gasteiger partial charge on any atom is -0.335 e. The number of carbonyl (C=O) groups is 1. The Morgan fingerprint density at radius 2 is 2.08 bits per heavy atom. The molecule has 0 unspecified atom stereocenters. The summed E-state index contributed by atoms with van der Waals surface area (Å²) in [6, 6.07) is 10.0. The van der Waals surface area contributed by atoms with E-state index in [1.165, 1.54) is 0 Å². The normalized spacial score (nSPS) is 17.6. The minimum absolute atomic E-state index is 0.0514. The molecule has 0 radical (unpaired) electrons. The summed E-state index contributed by atoms with van der Waals surface area (Å²) in [4.78, 5) is 19.0. The molecule has 128 valence electrons. The predicted molar refractivity (Wildman–Crippen MR) is 92.5 cm³/mol. The topological polar surface area (TPSA) is 68.8 Å². The van der Waals surface area contributed by atoms with Crippen molar-refractivity contribution in [2.24, 2.45) is 0 Å². The summed E-state index contributed by atoms with van der Waals surface area (Å²) in [5.41, 5.74) is 2.09. The molecule has 0 saturated carbocycles. The summed E-state index contributed by atoms with van der Waals surface area (Å²) in [5.74, 6) is -0.0514. The Kier molecular flexibility index (Phi) is 4.05. The van der Waals surface area contributed by atoms with E-state index in [0.717, 1.165) is 30.8 Å². The van der Waals surface area contributed by atoms with E-state index >= 15 is 0 Å². The number of carbonyl (C=O) groups excluding carboxylic acids is 1. The van der Waals surface area contributed by atoms with Crippen molar-refractivity contribution in [1.29, 1.82) is 0 Å². The van der Waals surface area contributed by atoms with E-state index < -0.39 is 0 Å². The maximum absolute atomic E-state index is 13.0. The number of likely N-dealkylation sites (tertiary alicyclic amines) is 1. The van der Waals surface area contributed by atoms with Crippen LogP contribution in [-0.4, -0.2) is 48.4 Å². The van der Waals surface area contributed by atoms with E-state index in [9.17, 15) is 4.79 Å². The molecular formula is C18H20N6O. The van der Waals surface area contributed by atoms with Crippen LogP contribution >= 0.6 is 0 Å². The SMILES string of the molecule is Cc1c(C(=O)N2CCC[C@@H](n3ccnc3)C2)nnn1-c1ccccc1. The van der Waals surface area contributed by atoms with Crippen LogP contribution in [0, 0.1) is 6.92 Å². The maximum atomic E-state index is 13.0. The highest BCUT2D eigenvalue weighted by Crippen LogP contribution is 2.23. The third-order valence-electron chi connectivity index (χ3n) is 4.73. The number of rotatable bonds is 3. The van der Waals surface area contributed by atoms with Gasteiger partial charge in [0.2, 0.25) is 0 Å². The molecule has 7 heteroatoms. The van der Waals surface area contributed by atoms with Gasteiger partial charge >= 0.3 is 0 Å². The monoisotopic (exact) mass is 336 g/mol. The van der Waals surface area contributed by atoms with Crippen LogP contribution in [-0.2, 0) is 0 Å². The first-order valence-electron chi connectivity index (χ1n) is 8.48. The molecular weight excluding hydrogens is 316 g/mol. The fraction of sp³-hybridized carbons (Fsp3) is 0.333. The Labute approximate surface area is 145 Å². The number of benzene rings is 1. The Bertz CT molecular complexity index is 855. The van der Waals surface area contributed by atoms with Crippen LogP contribution in [0.2, 0.25) is 0 Å². The number of hydrogen-bond donors (Lipinski definition) is 0. The third kappa shape index (κ3) is 2.93. The van der Waals surface area contributed by atoms with Gasteiger partial charge in [0.1, 0.15) is 0 Å². The van der Waals surface area contributed by atoms with Gasteiger partial charge in [0.05, 0.1) is 23.8 Å². The molecule has 3 aromatic rings. The molecule has 0 spiro atoms. The van der Waals surface area contributed by atoms with Gasteiger partial charge < -0.3 is 9.47 Å². The smallest absolute Gasteiger partial charge is 0.276 e. The highest BCUT2D eigenvalue weighted by atomic mass is 16.2. The Hall–Kier alpha value is -2.96. The molecule has 1 amide bonds. The molecule has 1 aromatic carbocycles. The fourth-order valence-corrected chi connectivity index (χ4v) is 3.36. The molecule has 1 aliphatic heterocycles. The average Bonchev–Trinajstić information content (AvgIpc) is 3.32. The number of aromatic nitrogens is 5. The number of hydrogen-bond acceptors (Lipinski definition) is 4. The van der Waals surface area contributed by atoms with Crippen LogP contribution < -0.4 is 0 Å². The second-order valence-electron chi connectivity index (χ2n) is 6.33. The van der Waals surface area contributed by atoms with Gasteiger partial charge in [0.15, 0.2) is 5.69 Å². The first-order chi connectivity index (χ1) is 12.2. The van der Waals surface area contributed by atoms with Crippen molar-refractivity contribution in [2.75, 3.05) is 13.1 Å². The molecule has 1 atom stereocenters. The van der Waals surface area contributed by atoms with Gasteiger partial charge in [0, 0.05) is 25.5 Å². The largest absolute Gasteiger partial charge is 0.335 e. The highest BCUT2D eigenvalue weighted by molar-refractivity contribution is 5.93. The lowest BCUT2D eigenvalue weighted by Crippen LogP contribution is -2.41. The molecule has 2 aromatic heterocycles. The fourth-order valence-electron chi connectivity index (χ4n) is 3.36. The lowest BCUT2D eigenvalue weighted by atomic mass is 10.0. The van der Waals surface area contributed by atoms with E-state index in [1.54, 1.807) is 10.9 Å². The molecule has 0 N–H and O–H groups in total. The van der Waals surface area contributed by atoms with Crippen molar-refractivity contribution >= 4 is 5.91 Å².